The lowest BCUT2D eigenvalue weighted by Gasteiger charge is -2.09. The molecule has 84 valence electrons. The second-order valence-corrected chi connectivity index (χ2v) is 3.85. The van der Waals surface area contributed by atoms with Crippen LogP contribution in [0.4, 0.5) is 0 Å². The Kier molecular flexibility index (Phi) is 3.17. The van der Waals surface area contributed by atoms with Gasteiger partial charge in [0.15, 0.2) is 5.82 Å². The molecule has 5 nitrogen and oxygen atoms in total. The van der Waals surface area contributed by atoms with E-state index in [1.54, 1.807) is 4.68 Å². The minimum atomic E-state index is 0.595. The number of halogens is 1. The summed E-state index contributed by atoms with van der Waals surface area (Å²) in [4.78, 5) is 0. The molecule has 0 amide bonds. The summed E-state index contributed by atoms with van der Waals surface area (Å²) < 4.78 is 1.66. The fraction of sp³-hybridized carbons (Fsp3) is 0.300. The van der Waals surface area contributed by atoms with Gasteiger partial charge in [-0.3, -0.25) is 0 Å². The summed E-state index contributed by atoms with van der Waals surface area (Å²) >= 11 is 6.16. The molecule has 1 aromatic heterocycles. The summed E-state index contributed by atoms with van der Waals surface area (Å²) in [7, 11) is 1.85. The van der Waals surface area contributed by atoms with Crippen molar-refractivity contribution in [3.8, 4) is 5.69 Å². The van der Waals surface area contributed by atoms with Gasteiger partial charge in [-0.05, 0) is 36.0 Å². The second-order valence-electron chi connectivity index (χ2n) is 3.44. The normalized spacial score (nSPS) is 10.7. The number of hydrogen-bond donors (Lipinski definition) is 1. The lowest BCUT2D eigenvalue weighted by molar-refractivity contribution is 0.707. The van der Waals surface area contributed by atoms with Crippen LogP contribution in [0.3, 0.4) is 0 Å². The van der Waals surface area contributed by atoms with Gasteiger partial charge in [0.05, 0.1) is 17.3 Å². The number of aryl methyl sites for hydroxylation is 1. The first-order valence-corrected chi connectivity index (χ1v) is 5.29. The van der Waals surface area contributed by atoms with E-state index < -0.39 is 0 Å². The van der Waals surface area contributed by atoms with Crippen LogP contribution in [0, 0.1) is 6.92 Å². The number of hydrogen-bond acceptors (Lipinski definition) is 4. The molecule has 0 saturated heterocycles. The molecular formula is C10H12ClN5. The van der Waals surface area contributed by atoms with Crippen LogP contribution in [0.2, 0.25) is 5.02 Å². The second kappa shape index (κ2) is 4.59. The lowest BCUT2D eigenvalue weighted by atomic mass is 10.2. The minimum absolute atomic E-state index is 0.595. The lowest BCUT2D eigenvalue weighted by Crippen LogP contribution is -2.13. The third-order valence-electron chi connectivity index (χ3n) is 2.27. The van der Waals surface area contributed by atoms with Gasteiger partial charge in [-0.15, -0.1) is 5.10 Å². The summed E-state index contributed by atoms with van der Waals surface area (Å²) in [6.45, 7) is 2.57. The number of aromatic nitrogens is 4. The number of tetrazole rings is 1. The molecule has 0 aliphatic rings. The molecule has 0 saturated carbocycles. The van der Waals surface area contributed by atoms with Crippen LogP contribution in [0.1, 0.15) is 11.4 Å². The Morgan fingerprint density at radius 2 is 2.25 bits per heavy atom. The van der Waals surface area contributed by atoms with Crippen LogP contribution < -0.4 is 5.32 Å². The van der Waals surface area contributed by atoms with E-state index in [0.717, 1.165) is 17.1 Å². The van der Waals surface area contributed by atoms with Crippen molar-refractivity contribution in [1.82, 2.24) is 25.5 Å². The van der Waals surface area contributed by atoms with E-state index in [1.165, 1.54) is 0 Å². The smallest absolute Gasteiger partial charge is 0.170 e. The molecular weight excluding hydrogens is 226 g/mol. The van der Waals surface area contributed by atoms with E-state index in [-0.39, 0.29) is 0 Å². The third-order valence-corrected chi connectivity index (χ3v) is 2.57. The molecule has 2 aromatic rings. The van der Waals surface area contributed by atoms with Crippen LogP contribution >= 0.6 is 11.6 Å². The summed E-state index contributed by atoms with van der Waals surface area (Å²) in [5.41, 5.74) is 1.87. The molecule has 0 radical (unpaired) electrons. The van der Waals surface area contributed by atoms with Crippen LogP contribution in [0.5, 0.6) is 0 Å². The number of para-hydroxylation sites is 1. The Hall–Kier alpha value is -1.46. The molecule has 0 bridgehead atoms. The zero-order chi connectivity index (χ0) is 11.5. The van der Waals surface area contributed by atoms with Crippen molar-refractivity contribution < 1.29 is 0 Å². The fourth-order valence-electron chi connectivity index (χ4n) is 1.54. The predicted molar refractivity (Wildman–Crippen MR) is 61.7 cm³/mol. The predicted octanol–water partition coefficient (Wildman–Crippen LogP) is 1.34. The Morgan fingerprint density at radius 1 is 1.44 bits per heavy atom. The molecule has 0 aliphatic carbocycles. The van der Waals surface area contributed by atoms with E-state index in [4.69, 9.17) is 11.6 Å². The maximum Gasteiger partial charge on any atom is 0.170 e. The molecule has 0 atom stereocenters. The highest BCUT2D eigenvalue weighted by molar-refractivity contribution is 6.32. The van der Waals surface area contributed by atoms with Crippen molar-refractivity contribution in [1.29, 1.82) is 0 Å². The fourth-order valence-corrected chi connectivity index (χ4v) is 1.84. The number of rotatable bonds is 3. The van der Waals surface area contributed by atoms with E-state index >= 15 is 0 Å². The van der Waals surface area contributed by atoms with Gasteiger partial charge in [-0.25, -0.2) is 0 Å². The summed E-state index contributed by atoms with van der Waals surface area (Å²) in [6.07, 6.45) is 0. The summed E-state index contributed by atoms with van der Waals surface area (Å²) in [6, 6.07) is 5.71. The Labute approximate surface area is 98.4 Å². The average molecular weight is 238 g/mol. The van der Waals surface area contributed by atoms with Gasteiger partial charge in [-0.2, -0.15) is 4.68 Å². The molecule has 2 rings (SSSR count). The monoisotopic (exact) mass is 237 g/mol. The molecule has 0 aliphatic heterocycles. The first kappa shape index (κ1) is 11.0. The van der Waals surface area contributed by atoms with Crippen molar-refractivity contribution in [2.24, 2.45) is 0 Å². The SMILES string of the molecule is CNCc1nnnn1-c1c(C)cccc1Cl. The van der Waals surface area contributed by atoms with Crippen LogP contribution in [0.25, 0.3) is 5.69 Å². The van der Waals surface area contributed by atoms with Crippen LogP contribution in [-0.4, -0.2) is 27.3 Å². The van der Waals surface area contributed by atoms with Gasteiger partial charge >= 0.3 is 0 Å². The number of nitrogens with zero attached hydrogens (tertiary/aromatic N) is 4. The molecule has 0 spiro atoms. The zero-order valence-corrected chi connectivity index (χ0v) is 9.86. The Balaban J connectivity index is 2.54. The number of benzene rings is 1. The van der Waals surface area contributed by atoms with Gasteiger partial charge in [0.2, 0.25) is 0 Å². The van der Waals surface area contributed by atoms with Crippen molar-refractivity contribution in [2.45, 2.75) is 13.5 Å². The maximum atomic E-state index is 6.16. The average Bonchev–Trinajstić information content (AvgIpc) is 2.67. The Bertz CT molecular complexity index is 473. The van der Waals surface area contributed by atoms with Crippen LogP contribution in [-0.2, 0) is 6.54 Å². The topological polar surface area (TPSA) is 55.6 Å². The van der Waals surface area contributed by atoms with E-state index in [2.05, 4.69) is 20.8 Å². The van der Waals surface area contributed by atoms with Gasteiger partial charge in [0.1, 0.15) is 0 Å². The van der Waals surface area contributed by atoms with E-state index in [1.807, 2.05) is 32.2 Å². The first-order chi connectivity index (χ1) is 7.74. The van der Waals surface area contributed by atoms with Gasteiger partial charge < -0.3 is 5.32 Å². The molecule has 1 heterocycles. The highest BCUT2D eigenvalue weighted by Gasteiger charge is 2.12. The minimum Gasteiger partial charge on any atom is -0.313 e. The largest absolute Gasteiger partial charge is 0.313 e. The highest BCUT2D eigenvalue weighted by atomic mass is 35.5. The third kappa shape index (κ3) is 1.91. The molecule has 1 N–H and O–H groups in total. The van der Waals surface area contributed by atoms with E-state index in [9.17, 15) is 0 Å². The van der Waals surface area contributed by atoms with Crippen LogP contribution in [0.15, 0.2) is 18.2 Å². The molecule has 0 fully saturated rings. The zero-order valence-electron chi connectivity index (χ0n) is 9.11. The molecule has 1 aromatic carbocycles. The van der Waals surface area contributed by atoms with Crippen molar-refractivity contribution in [2.75, 3.05) is 7.05 Å². The number of nitrogens with one attached hydrogen (secondary N) is 1. The maximum absolute atomic E-state index is 6.16. The summed E-state index contributed by atoms with van der Waals surface area (Å²) in [5.74, 6) is 0.735. The van der Waals surface area contributed by atoms with Gasteiger partial charge in [-0.1, -0.05) is 23.7 Å². The highest BCUT2D eigenvalue weighted by Crippen LogP contribution is 2.23. The quantitative estimate of drug-likeness (QED) is 0.876. The standard InChI is InChI=1S/C10H12ClN5/c1-7-4-3-5-8(11)10(7)16-9(6-12-2)13-14-15-16/h3-5,12H,6H2,1-2H3. The van der Waals surface area contributed by atoms with E-state index in [0.29, 0.717) is 11.6 Å². The molecule has 16 heavy (non-hydrogen) atoms. The van der Waals surface area contributed by atoms with Crippen molar-refractivity contribution in [3.05, 3.63) is 34.6 Å². The Morgan fingerprint density at radius 3 is 2.94 bits per heavy atom. The van der Waals surface area contributed by atoms with Gasteiger partial charge in [0.25, 0.3) is 0 Å². The van der Waals surface area contributed by atoms with Crippen molar-refractivity contribution in [3.63, 3.8) is 0 Å². The molecule has 0 unspecified atom stereocenters. The van der Waals surface area contributed by atoms with Crippen molar-refractivity contribution >= 4 is 11.6 Å². The first-order valence-electron chi connectivity index (χ1n) is 4.91. The molecule has 6 heteroatoms. The van der Waals surface area contributed by atoms with Gasteiger partial charge in [0, 0.05) is 0 Å². The summed E-state index contributed by atoms with van der Waals surface area (Å²) in [5, 5.41) is 15.2.